The van der Waals surface area contributed by atoms with E-state index in [9.17, 15) is 0 Å². The van der Waals surface area contributed by atoms with Gasteiger partial charge in [0.2, 0.25) is 0 Å². The third kappa shape index (κ3) is 12.5. The average Bonchev–Trinajstić information content (AvgIpc) is 1.45. The van der Waals surface area contributed by atoms with Gasteiger partial charge in [-0.1, -0.05) is 146 Å². The molecule has 0 saturated carbocycles. The minimum atomic E-state index is -0.700. The highest BCUT2D eigenvalue weighted by molar-refractivity contribution is 5.66. The summed E-state index contributed by atoms with van der Waals surface area (Å²) in [6, 6.07) is 87.5. The third-order valence-corrected chi connectivity index (χ3v) is 16.3. The molecule has 8 heteroatoms. The van der Waals surface area contributed by atoms with Gasteiger partial charge in [-0.25, -0.2) is 18.3 Å². The quantitative estimate of drug-likeness (QED) is 0.0564. The molecular weight excluding hydrogens is 1040 g/mol. The molecule has 12 aromatic rings. The van der Waals surface area contributed by atoms with Crippen LogP contribution in [0.3, 0.4) is 0 Å². The number of pyridine rings is 4. The summed E-state index contributed by atoms with van der Waals surface area (Å²) in [5.74, 6) is 3.39. The fourth-order valence-electron chi connectivity index (χ4n) is 11.4. The summed E-state index contributed by atoms with van der Waals surface area (Å²) in [4.78, 5) is 0. The first-order valence-electron chi connectivity index (χ1n) is 28.7. The van der Waals surface area contributed by atoms with Crippen LogP contribution in [0.25, 0.3) is 44.5 Å². The van der Waals surface area contributed by atoms with Crippen LogP contribution in [0.5, 0.6) is 23.0 Å². The standard InChI is InChI=1S/C77H68N4O4/c1-82-73-29-13-61(14-30-73)65-37-45-78(46-38-65)53-57-5-21-69(22-6-57)77(70-23-7-58(8-24-70)54-79-47-39-66(40-48-79)62-15-31-74(83-2)32-16-62,71-25-9-59(10-26-71)55-80-49-41-67(42-50-80)63-17-33-75(84-3)34-18-63)72-27-11-60(12-28-72)56-81-51-43-68(44-52-81)64-19-35-76(85-4)36-20-64/h5-52H,53-56H2,1-4H3/q+4. The molecule has 0 aliphatic rings. The molecule has 0 atom stereocenters. The fraction of sp³-hybridized carbons (Fsp3) is 0.117. The molecule has 0 amide bonds. The minimum Gasteiger partial charge on any atom is -0.497 e. The third-order valence-electron chi connectivity index (χ3n) is 16.3. The van der Waals surface area contributed by atoms with Gasteiger partial charge in [0.1, 0.15) is 23.0 Å². The average molecular weight is 1110 g/mol. The monoisotopic (exact) mass is 1110 g/mol. The van der Waals surface area contributed by atoms with Crippen LogP contribution < -0.4 is 37.2 Å². The molecule has 12 rings (SSSR count). The second-order valence-corrected chi connectivity index (χ2v) is 21.5. The molecule has 0 bridgehead atoms. The van der Waals surface area contributed by atoms with Gasteiger partial charge in [0.25, 0.3) is 0 Å². The molecule has 0 radical (unpaired) electrons. The fourth-order valence-corrected chi connectivity index (χ4v) is 11.4. The Morgan fingerprint density at radius 3 is 0.541 bits per heavy atom. The lowest BCUT2D eigenvalue weighted by Crippen LogP contribution is -2.35. The van der Waals surface area contributed by atoms with E-state index in [0.29, 0.717) is 0 Å². The number of benzene rings is 8. The first kappa shape index (κ1) is 55.1. The lowest BCUT2D eigenvalue weighted by atomic mass is 9.65. The lowest BCUT2D eigenvalue weighted by molar-refractivity contribution is -0.688. The number of nitrogens with zero attached hydrogens (tertiary/aromatic N) is 4. The Morgan fingerprint density at radius 2 is 0.376 bits per heavy atom. The van der Waals surface area contributed by atoms with Gasteiger partial charge < -0.3 is 18.9 Å². The second kappa shape index (κ2) is 25.4. The predicted octanol–water partition coefficient (Wildman–Crippen LogP) is 14.1. The largest absolute Gasteiger partial charge is 0.497 e. The van der Waals surface area contributed by atoms with Crippen molar-refractivity contribution in [3.05, 3.63) is 337 Å². The number of methoxy groups -OCH3 is 4. The zero-order chi connectivity index (χ0) is 58.0. The predicted molar refractivity (Wildman–Crippen MR) is 336 cm³/mol. The summed E-state index contributed by atoms with van der Waals surface area (Å²) in [6.45, 7) is 2.91. The molecule has 8 nitrogen and oxygen atoms in total. The van der Waals surface area contributed by atoms with Crippen molar-refractivity contribution in [2.24, 2.45) is 0 Å². The van der Waals surface area contributed by atoms with Gasteiger partial charge in [0, 0.05) is 70.8 Å². The van der Waals surface area contributed by atoms with Crippen molar-refractivity contribution in [3.8, 4) is 67.5 Å². The van der Waals surface area contributed by atoms with E-state index in [2.05, 4.69) is 262 Å². The van der Waals surface area contributed by atoms with Crippen LogP contribution in [-0.4, -0.2) is 28.4 Å². The van der Waals surface area contributed by atoms with Gasteiger partial charge in [-0.05, 0) is 115 Å². The summed E-state index contributed by atoms with van der Waals surface area (Å²) in [7, 11) is 6.79. The second-order valence-electron chi connectivity index (χ2n) is 21.5. The van der Waals surface area contributed by atoms with E-state index in [1.165, 1.54) is 44.5 Å². The molecule has 0 aliphatic carbocycles. The van der Waals surface area contributed by atoms with Gasteiger partial charge in [0.15, 0.2) is 75.8 Å². The Bertz CT molecular complexity index is 3550. The van der Waals surface area contributed by atoms with Crippen molar-refractivity contribution < 1.29 is 37.2 Å². The van der Waals surface area contributed by atoms with Crippen molar-refractivity contribution in [2.75, 3.05) is 28.4 Å². The summed E-state index contributed by atoms with van der Waals surface area (Å²) in [5.41, 5.74) is 18.1. The summed E-state index contributed by atoms with van der Waals surface area (Å²) < 4.78 is 30.6. The first-order valence-corrected chi connectivity index (χ1v) is 28.7. The molecule has 4 aromatic heterocycles. The normalized spacial score (nSPS) is 11.2. The Hall–Kier alpha value is -10.4. The van der Waals surface area contributed by atoms with E-state index in [0.717, 1.165) is 93.7 Å². The Morgan fingerprint density at radius 1 is 0.212 bits per heavy atom. The van der Waals surface area contributed by atoms with Crippen molar-refractivity contribution in [1.29, 1.82) is 0 Å². The summed E-state index contributed by atoms with van der Waals surface area (Å²) in [6.07, 6.45) is 17.3. The van der Waals surface area contributed by atoms with Crippen molar-refractivity contribution in [3.63, 3.8) is 0 Å². The Kier molecular flexibility index (Phi) is 16.4. The van der Waals surface area contributed by atoms with Gasteiger partial charge in [-0.3, -0.25) is 0 Å². The van der Waals surface area contributed by atoms with E-state index in [1.807, 2.05) is 48.5 Å². The van der Waals surface area contributed by atoms with Gasteiger partial charge in [-0.15, -0.1) is 0 Å². The number of rotatable bonds is 20. The lowest BCUT2D eigenvalue weighted by Gasteiger charge is -2.37. The highest BCUT2D eigenvalue weighted by Gasteiger charge is 2.39. The molecule has 85 heavy (non-hydrogen) atoms. The van der Waals surface area contributed by atoms with Crippen LogP contribution in [0.1, 0.15) is 44.5 Å². The maximum absolute atomic E-state index is 5.41. The molecule has 0 N–H and O–H groups in total. The first-order chi connectivity index (χ1) is 41.8. The van der Waals surface area contributed by atoms with E-state index in [1.54, 1.807) is 28.4 Å². The maximum atomic E-state index is 5.41. The van der Waals surface area contributed by atoms with Gasteiger partial charge in [0.05, 0.1) is 33.9 Å². The van der Waals surface area contributed by atoms with E-state index in [-0.39, 0.29) is 0 Å². The SMILES string of the molecule is COc1ccc(-c2cc[n+](Cc3ccc(C(c4ccc(C[n+]5ccc(-c6ccc(OC)cc6)cc5)cc4)(c4ccc(C[n+]5ccc(-c6ccc(OC)cc6)cc5)cc4)c4ccc(C[n+]5ccc(-c6ccc(OC)cc6)cc5)cc4)cc3)cc2)cc1. The molecular formula is C77H68N4O4+4. The maximum Gasteiger partial charge on any atom is 0.173 e. The number of ether oxygens (including phenoxy) is 4. The molecule has 0 unspecified atom stereocenters. The van der Waals surface area contributed by atoms with Gasteiger partial charge in [-0.2, -0.15) is 0 Å². The Balaban J connectivity index is 0.896. The van der Waals surface area contributed by atoms with E-state index >= 15 is 0 Å². The van der Waals surface area contributed by atoms with E-state index < -0.39 is 5.41 Å². The van der Waals surface area contributed by atoms with Crippen LogP contribution >= 0.6 is 0 Å². The van der Waals surface area contributed by atoms with Crippen LogP contribution in [0.15, 0.2) is 292 Å². The molecule has 0 fully saturated rings. The number of hydrogen-bond acceptors (Lipinski definition) is 4. The smallest absolute Gasteiger partial charge is 0.173 e. The van der Waals surface area contributed by atoms with Crippen molar-refractivity contribution >= 4 is 0 Å². The van der Waals surface area contributed by atoms with Crippen LogP contribution in [-0.2, 0) is 31.6 Å². The topological polar surface area (TPSA) is 52.4 Å². The number of hydrogen-bond donors (Lipinski definition) is 0. The van der Waals surface area contributed by atoms with Gasteiger partial charge >= 0.3 is 0 Å². The zero-order valence-electron chi connectivity index (χ0n) is 48.5. The zero-order valence-corrected chi connectivity index (χ0v) is 48.5. The van der Waals surface area contributed by atoms with Crippen molar-refractivity contribution in [2.45, 2.75) is 31.6 Å². The molecule has 8 aromatic carbocycles. The molecule has 0 saturated heterocycles. The molecule has 0 spiro atoms. The molecule has 4 heterocycles. The highest BCUT2D eigenvalue weighted by Crippen LogP contribution is 2.46. The summed E-state index contributed by atoms with van der Waals surface area (Å²) >= 11 is 0. The summed E-state index contributed by atoms with van der Waals surface area (Å²) in [5, 5.41) is 0. The minimum absolute atomic E-state index is 0.700. The molecule has 416 valence electrons. The van der Waals surface area contributed by atoms with Crippen LogP contribution in [0, 0.1) is 0 Å². The molecule has 0 aliphatic heterocycles. The highest BCUT2D eigenvalue weighted by atomic mass is 16.5. The van der Waals surface area contributed by atoms with Crippen LogP contribution in [0.2, 0.25) is 0 Å². The van der Waals surface area contributed by atoms with Crippen LogP contribution in [0.4, 0.5) is 0 Å². The van der Waals surface area contributed by atoms with E-state index in [4.69, 9.17) is 18.9 Å². The number of aromatic nitrogens is 4. The Labute approximate surface area is 499 Å². The van der Waals surface area contributed by atoms with Crippen molar-refractivity contribution in [1.82, 2.24) is 0 Å².